The predicted molar refractivity (Wildman–Crippen MR) is 58.2 cm³/mol. The van der Waals surface area contributed by atoms with E-state index < -0.39 is 11.8 Å². The van der Waals surface area contributed by atoms with E-state index >= 15 is 0 Å². The molecule has 1 aliphatic rings. The van der Waals surface area contributed by atoms with Crippen LogP contribution in [0.2, 0.25) is 0 Å². The maximum atomic E-state index is 13.3. The maximum Gasteiger partial charge on any atom is 0.335 e. The molecule has 86 valence electrons. The van der Waals surface area contributed by atoms with Gasteiger partial charge in [0.25, 0.3) is 0 Å². The molecular weight excluding hydrogens is 209 g/mol. The van der Waals surface area contributed by atoms with E-state index in [9.17, 15) is 9.18 Å². The third kappa shape index (κ3) is 2.39. The van der Waals surface area contributed by atoms with Crippen LogP contribution in [0.3, 0.4) is 0 Å². The summed E-state index contributed by atoms with van der Waals surface area (Å²) >= 11 is 0. The van der Waals surface area contributed by atoms with Gasteiger partial charge in [-0.1, -0.05) is 0 Å². The number of hydrogen-bond donors (Lipinski definition) is 2. The van der Waals surface area contributed by atoms with E-state index in [1.54, 1.807) is 6.07 Å². The molecule has 0 spiro atoms. The summed E-state index contributed by atoms with van der Waals surface area (Å²) < 4.78 is 13.3. The van der Waals surface area contributed by atoms with Crippen LogP contribution >= 0.6 is 0 Å². The van der Waals surface area contributed by atoms with E-state index in [-0.39, 0.29) is 11.5 Å². The van der Waals surface area contributed by atoms with E-state index in [1.807, 2.05) is 0 Å². The molecule has 0 aliphatic carbocycles. The molecule has 1 heterocycles. The summed E-state index contributed by atoms with van der Waals surface area (Å²) in [6.07, 6.45) is 2.03. The van der Waals surface area contributed by atoms with Crippen molar-refractivity contribution in [2.75, 3.05) is 13.1 Å². The SMILES string of the molecule is O=C(O)c1cc(F)cc(C2CCCNC2)c1. The molecule has 4 heteroatoms. The number of nitrogens with one attached hydrogen (secondary N) is 1. The summed E-state index contributed by atoms with van der Waals surface area (Å²) in [5.74, 6) is -1.33. The van der Waals surface area contributed by atoms with Gasteiger partial charge in [-0.3, -0.25) is 0 Å². The molecule has 2 N–H and O–H groups in total. The van der Waals surface area contributed by atoms with Crippen LogP contribution in [0.15, 0.2) is 18.2 Å². The molecule has 1 atom stereocenters. The van der Waals surface area contributed by atoms with Gasteiger partial charge in [-0.2, -0.15) is 0 Å². The number of benzene rings is 1. The van der Waals surface area contributed by atoms with E-state index in [2.05, 4.69) is 5.32 Å². The number of hydrogen-bond acceptors (Lipinski definition) is 2. The van der Waals surface area contributed by atoms with Gasteiger partial charge < -0.3 is 10.4 Å². The Morgan fingerprint density at radius 1 is 1.44 bits per heavy atom. The molecular formula is C12H14FNO2. The van der Waals surface area contributed by atoms with E-state index in [0.717, 1.165) is 37.6 Å². The van der Waals surface area contributed by atoms with Crippen molar-refractivity contribution in [3.63, 3.8) is 0 Å². The zero-order chi connectivity index (χ0) is 11.5. The third-order valence-corrected chi connectivity index (χ3v) is 2.94. The Balaban J connectivity index is 2.28. The second-order valence-corrected chi connectivity index (χ2v) is 4.12. The quantitative estimate of drug-likeness (QED) is 0.806. The lowest BCUT2D eigenvalue weighted by molar-refractivity contribution is 0.0696. The molecule has 1 aromatic carbocycles. The standard InChI is InChI=1S/C12H14FNO2/c13-11-5-9(4-10(6-11)12(15)16)8-2-1-3-14-7-8/h4-6,8,14H,1-3,7H2,(H,15,16). The molecule has 3 nitrogen and oxygen atoms in total. The van der Waals surface area contributed by atoms with Crippen molar-refractivity contribution in [2.24, 2.45) is 0 Å². The smallest absolute Gasteiger partial charge is 0.335 e. The summed E-state index contributed by atoms with van der Waals surface area (Å²) in [6.45, 7) is 1.78. The second-order valence-electron chi connectivity index (χ2n) is 4.12. The monoisotopic (exact) mass is 223 g/mol. The molecule has 0 aromatic heterocycles. The minimum absolute atomic E-state index is 0.0283. The van der Waals surface area contributed by atoms with Crippen molar-refractivity contribution in [2.45, 2.75) is 18.8 Å². The van der Waals surface area contributed by atoms with Gasteiger partial charge >= 0.3 is 5.97 Å². The van der Waals surface area contributed by atoms with Gasteiger partial charge in [-0.25, -0.2) is 9.18 Å². The third-order valence-electron chi connectivity index (χ3n) is 2.94. The van der Waals surface area contributed by atoms with Gasteiger partial charge in [-0.15, -0.1) is 0 Å². The minimum Gasteiger partial charge on any atom is -0.478 e. The van der Waals surface area contributed by atoms with Crippen molar-refractivity contribution >= 4 is 5.97 Å². The molecule has 2 rings (SSSR count). The zero-order valence-corrected chi connectivity index (χ0v) is 8.87. The Morgan fingerprint density at radius 3 is 2.88 bits per heavy atom. The summed E-state index contributed by atoms with van der Waals surface area (Å²) in [4.78, 5) is 10.8. The Labute approximate surface area is 93.3 Å². The van der Waals surface area contributed by atoms with Gasteiger partial charge in [0.05, 0.1) is 5.56 Å². The highest BCUT2D eigenvalue weighted by Gasteiger charge is 2.17. The molecule has 0 bridgehead atoms. The lowest BCUT2D eigenvalue weighted by atomic mass is 9.90. The molecule has 16 heavy (non-hydrogen) atoms. The molecule has 0 amide bonds. The van der Waals surface area contributed by atoms with Crippen molar-refractivity contribution < 1.29 is 14.3 Å². The first-order valence-electron chi connectivity index (χ1n) is 5.41. The number of piperidine rings is 1. The molecule has 1 saturated heterocycles. The maximum absolute atomic E-state index is 13.3. The highest BCUT2D eigenvalue weighted by atomic mass is 19.1. The van der Waals surface area contributed by atoms with Crippen LogP contribution in [0.5, 0.6) is 0 Å². The number of rotatable bonds is 2. The molecule has 1 aliphatic heterocycles. The Morgan fingerprint density at radius 2 is 2.25 bits per heavy atom. The van der Waals surface area contributed by atoms with E-state index in [0.29, 0.717) is 0 Å². The average Bonchev–Trinajstić information content (AvgIpc) is 2.29. The van der Waals surface area contributed by atoms with Gasteiger partial charge in [0.1, 0.15) is 5.82 Å². The number of carboxylic acids is 1. The average molecular weight is 223 g/mol. The first kappa shape index (κ1) is 11.1. The molecule has 1 aromatic rings. The van der Waals surface area contributed by atoms with Crippen LogP contribution in [-0.4, -0.2) is 24.2 Å². The number of carbonyl (C=O) groups is 1. The number of aromatic carboxylic acids is 1. The second kappa shape index (κ2) is 4.61. The lowest BCUT2D eigenvalue weighted by Gasteiger charge is -2.23. The van der Waals surface area contributed by atoms with Crippen LogP contribution in [0, 0.1) is 5.82 Å². The highest BCUT2D eigenvalue weighted by molar-refractivity contribution is 5.87. The van der Waals surface area contributed by atoms with Gasteiger partial charge in [-0.05, 0) is 49.1 Å². The van der Waals surface area contributed by atoms with Crippen LogP contribution in [0.1, 0.15) is 34.7 Å². The Hall–Kier alpha value is -1.42. The van der Waals surface area contributed by atoms with Gasteiger partial charge in [0, 0.05) is 6.54 Å². The predicted octanol–water partition coefficient (Wildman–Crippen LogP) is 1.99. The fourth-order valence-corrected chi connectivity index (χ4v) is 2.11. The summed E-state index contributed by atoms with van der Waals surface area (Å²) in [6, 6.07) is 4.06. The molecule has 1 unspecified atom stereocenters. The topological polar surface area (TPSA) is 49.3 Å². The number of carboxylic acid groups (broad SMARTS) is 1. The first-order valence-corrected chi connectivity index (χ1v) is 5.41. The highest BCUT2D eigenvalue weighted by Crippen LogP contribution is 2.24. The largest absolute Gasteiger partial charge is 0.478 e. The summed E-state index contributed by atoms with van der Waals surface area (Å²) in [5, 5.41) is 12.1. The van der Waals surface area contributed by atoms with Gasteiger partial charge in [0.15, 0.2) is 0 Å². The van der Waals surface area contributed by atoms with Crippen LogP contribution < -0.4 is 5.32 Å². The summed E-state index contributed by atoms with van der Waals surface area (Å²) in [7, 11) is 0. The fourth-order valence-electron chi connectivity index (χ4n) is 2.11. The van der Waals surface area contributed by atoms with Crippen molar-refractivity contribution in [3.8, 4) is 0 Å². The van der Waals surface area contributed by atoms with Crippen molar-refractivity contribution in [3.05, 3.63) is 35.1 Å². The van der Waals surface area contributed by atoms with Crippen LogP contribution in [0.25, 0.3) is 0 Å². The molecule has 1 fully saturated rings. The van der Waals surface area contributed by atoms with E-state index in [4.69, 9.17) is 5.11 Å². The van der Waals surface area contributed by atoms with Gasteiger partial charge in [0.2, 0.25) is 0 Å². The minimum atomic E-state index is -1.08. The van der Waals surface area contributed by atoms with Crippen molar-refractivity contribution in [1.29, 1.82) is 0 Å². The van der Waals surface area contributed by atoms with Crippen LogP contribution in [-0.2, 0) is 0 Å². The van der Waals surface area contributed by atoms with Crippen LogP contribution in [0.4, 0.5) is 4.39 Å². The Bertz CT molecular complexity index is 400. The first-order chi connectivity index (χ1) is 7.66. The lowest BCUT2D eigenvalue weighted by Crippen LogP contribution is -2.28. The zero-order valence-electron chi connectivity index (χ0n) is 8.87. The molecule has 0 radical (unpaired) electrons. The van der Waals surface area contributed by atoms with E-state index in [1.165, 1.54) is 6.07 Å². The molecule has 0 saturated carbocycles. The normalized spacial score (nSPS) is 20.7. The Kier molecular flexibility index (Phi) is 3.19. The summed E-state index contributed by atoms with van der Waals surface area (Å²) in [5.41, 5.74) is 0.810. The fraction of sp³-hybridized carbons (Fsp3) is 0.417. The number of halogens is 1. The van der Waals surface area contributed by atoms with Crippen molar-refractivity contribution in [1.82, 2.24) is 5.32 Å².